The number of hydrogen-bond acceptors (Lipinski definition) is 19. The number of allylic oxidation sites excluding steroid dienone is 4. The Kier molecular flexibility index (Phi) is 47.5. The summed E-state index contributed by atoms with van der Waals surface area (Å²) in [6.45, 7) is 45.0. The molecule has 6 saturated heterocycles. The number of halogens is 2. The summed E-state index contributed by atoms with van der Waals surface area (Å²) in [6, 6.07) is 39.2. The Morgan fingerprint density at radius 3 is 1.32 bits per heavy atom. The van der Waals surface area contributed by atoms with Gasteiger partial charge in [-0.15, -0.1) is 0 Å². The number of ether oxygens (including phenoxy) is 10. The van der Waals surface area contributed by atoms with Crippen molar-refractivity contribution in [1.29, 1.82) is 0 Å². The van der Waals surface area contributed by atoms with E-state index in [1.165, 1.54) is 96.1 Å². The molecule has 0 bridgehead atoms. The fraction of sp³-hybridized carbons (Fsp3) is 0.661. The number of esters is 2. The van der Waals surface area contributed by atoms with Gasteiger partial charge in [0.05, 0.1) is 112 Å². The van der Waals surface area contributed by atoms with E-state index in [0.717, 1.165) is 109 Å². The molecule has 9 unspecified atom stereocenters. The van der Waals surface area contributed by atoms with E-state index in [0.29, 0.717) is 89.3 Å². The van der Waals surface area contributed by atoms with Crippen molar-refractivity contribution in [2.75, 3.05) is 19.6 Å². The lowest BCUT2D eigenvalue weighted by atomic mass is 9.91. The van der Waals surface area contributed by atoms with E-state index in [-0.39, 0.29) is 107 Å². The predicted molar refractivity (Wildman–Crippen MR) is 571 cm³/mol. The van der Waals surface area contributed by atoms with Crippen molar-refractivity contribution in [3.8, 4) is 0 Å². The van der Waals surface area contributed by atoms with Gasteiger partial charge in [-0.2, -0.15) is 0 Å². The second-order valence-electron chi connectivity index (χ2n) is 42.6. The van der Waals surface area contributed by atoms with Gasteiger partial charge in [0.25, 0.3) is 0 Å². The molecule has 17 rings (SSSR count). The Morgan fingerprint density at radius 1 is 0.500 bits per heavy atom. The number of carbonyl (C=O) groups excluding carboxylic acids is 3. The maximum Gasteiger partial charge on any atom is 0.410 e. The Bertz CT molecular complexity index is 4720. The van der Waals surface area contributed by atoms with Crippen LogP contribution in [0, 0.1) is 40.1 Å². The van der Waals surface area contributed by atoms with Gasteiger partial charge in [0.1, 0.15) is 64.9 Å². The molecule has 140 heavy (non-hydrogen) atoms. The SMILES string of the molecule is C=C1O[C@H](C2(C)CC2)CCC1I.CC1([C@@H]2CCC=CO2)CC1.CC1CC[C@@H](C2(C)CC2)OC1=O.CC1CC[C@@H](CN(Cc2ccccc2)[S@@](=O)C(C)(C)C)OC1=O.CC1O[C@H](C2(C)CC2)CCC1I.CC1O[C@H](CN(Cc2ccccc2)C(=O)OCc2ccccc2)CCC1N=[N+]=[N-].CC1O[C@H](CN(Cc2ccccc2)[S@@](=O)C(C)(C)C)CCC1N=[N+]=[N-].ON=C[C@@H]1CCC=CO1.[C-]#[N+][C@@H]1CCC=CO1. The number of oxime groups is 1. The van der Waals surface area contributed by atoms with Crippen LogP contribution in [0.15, 0.2) is 186 Å². The highest BCUT2D eigenvalue weighted by Crippen LogP contribution is 2.55. The molecule has 10 fully saturated rings. The maximum absolute atomic E-state index is 13.0. The molecule has 4 aliphatic carbocycles. The third-order valence-corrected chi connectivity index (χ3v) is 34.8. The molecular weight excluding hydrogens is 2040 g/mol. The number of benzene rings is 4. The van der Waals surface area contributed by atoms with Gasteiger partial charge >= 0.3 is 24.3 Å². The minimum absolute atomic E-state index is 0.00449. The normalized spacial score (nSPS) is 29.1. The van der Waals surface area contributed by atoms with Crippen molar-refractivity contribution in [2.45, 2.75) is 400 Å². The zero-order valence-corrected chi connectivity index (χ0v) is 91.5. The van der Waals surface area contributed by atoms with Crippen LogP contribution in [-0.4, -0.2) is 174 Å². The van der Waals surface area contributed by atoms with Crippen LogP contribution in [0.4, 0.5) is 4.79 Å². The first kappa shape index (κ1) is 116. The molecule has 9 heterocycles. The summed E-state index contributed by atoms with van der Waals surface area (Å²) in [5, 5.41) is 18.6. The lowest BCUT2D eigenvalue weighted by Gasteiger charge is -2.36. The molecule has 1 N–H and O–H groups in total. The first-order valence-corrected chi connectivity index (χ1v) is 55.4. The average molecular weight is 2200 g/mol. The first-order valence-electron chi connectivity index (χ1n) is 50.7. The molecule has 4 aromatic carbocycles. The van der Waals surface area contributed by atoms with E-state index < -0.39 is 22.0 Å². The zero-order chi connectivity index (χ0) is 102. The zero-order valence-electron chi connectivity index (χ0n) is 85.6. The minimum Gasteiger partial charge on any atom is -0.498 e. The fourth-order valence-electron chi connectivity index (χ4n) is 17.6. The molecule has 1 amide bonds. The van der Waals surface area contributed by atoms with Crippen molar-refractivity contribution < 1.29 is 75.4 Å². The summed E-state index contributed by atoms with van der Waals surface area (Å²) in [7, 11) is -2.28. The Balaban J connectivity index is 0.000000182. The third kappa shape index (κ3) is 39.7. The van der Waals surface area contributed by atoms with Crippen LogP contribution in [0.3, 0.4) is 0 Å². The standard InChI is InChI=1S/C22H26N4O3.C18H28N4O2S.C18H27NO3S.C10H17IO.C10H15IO.C10H16O2.C9H14O.C6H9NO2.C6H7NO/c1-17-21(24-25-23)13-12-20(29-17)15-26(14-18-8-4-2-5-9-18)22(27)28-16-19-10-6-3-7-11-19;1-14-17(20-21-19)11-10-16(24-14)13-22(25(23)18(2,3)4)12-15-8-6-5-7-9-15;1-14-10-11-16(22-17(14)20)13-19(23(21)18(2,3)4)12-15-8-6-5-7-9-15;2*1-7-8(11)3-4-9(12-7)10(2)5-6-10;1-7-3-4-8(12-9(7)11)10(2)5-6-10;1-9(5-6-9)8-4-2-3-7-10-8;8-7-5-6-3-1-2-4-9-6;1-7-6-4-2-3-5-8-6/h2-11,17,20-21H,12-16H2,1H3;5-9,14,16-17H,10-13H2,1-4H3;5-9,14,16H,10-13H2,1-4H3;7-9H,3-6H2,1-2H3;8-9H,1,3-6H2,2H3;7-8H,3-6H2,1-2H3;3,7-8H,2,4-6H2,1H3;2,4-6,8H,1,3H2;3,5-6H,2,4H2/t17?,20-,21?;14?,16-,17?,25-;14?,16-,23-;7?,8?,9-;8?,9-;7?,8-;8-;2*6-/m000000000/s1. The van der Waals surface area contributed by atoms with Crippen LogP contribution in [0.2, 0.25) is 0 Å². The molecule has 4 aromatic rings. The van der Waals surface area contributed by atoms with E-state index in [2.05, 4.69) is 135 Å². The molecule has 13 aliphatic rings. The van der Waals surface area contributed by atoms with Gasteiger partial charge in [0.15, 0.2) is 0 Å². The molecule has 772 valence electrons. The summed E-state index contributed by atoms with van der Waals surface area (Å²) in [4.78, 5) is 46.6. The predicted octanol–water partition coefficient (Wildman–Crippen LogP) is 26.3. The quantitative estimate of drug-likeness (QED) is 0.00616. The van der Waals surface area contributed by atoms with E-state index >= 15 is 0 Å². The number of nitrogens with zero attached hydrogens (tertiary/aromatic N) is 11. The van der Waals surface area contributed by atoms with E-state index in [9.17, 15) is 22.8 Å². The van der Waals surface area contributed by atoms with Crippen LogP contribution >= 0.6 is 45.2 Å². The van der Waals surface area contributed by atoms with Crippen molar-refractivity contribution >= 4 is 91.4 Å². The topological polar surface area (TPSA) is 322 Å². The molecule has 20 atom stereocenters. The smallest absolute Gasteiger partial charge is 0.410 e. The molecule has 0 spiro atoms. The lowest BCUT2D eigenvalue weighted by molar-refractivity contribution is -0.164. The summed E-state index contributed by atoms with van der Waals surface area (Å²) in [6.07, 6.45) is 42.3. The summed E-state index contributed by atoms with van der Waals surface area (Å²) < 4.78 is 86.2. The molecule has 4 saturated carbocycles. The third-order valence-electron chi connectivity index (χ3n) is 28.2. The number of alkyl halides is 2. The largest absolute Gasteiger partial charge is 0.498 e. The summed E-state index contributed by atoms with van der Waals surface area (Å²) in [5.74, 6) is 0.979. The van der Waals surface area contributed by atoms with E-state index in [1.807, 2.05) is 205 Å². The Hall–Kier alpha value is -7.61. The fourth-order valence-corrected chi connectivity index (χ4v) is 21.3. The number of carbonyl (C=O) groups is 3. The van der Waals surface area contributed by atoms with Crippen LogP contribution in [-0.2, 0) is 105 Å². The average Bonchev–Trinajstić information content (AvgIpc) is 1.65. The number of cyclic esters (lactones) is 2. The molecular formula is C109H159I2N11O16S2. The number of amides is 1. The lowest BCUT2D eigenvalue weighted by Crippen LogP contribution is -2.45. The van der Waals surface area contributed by atoms with Crippen LogP contribution < -0.4 is 0 Å². The van der Waals surface area contributed by atoms with E-state index in [4.69, 9.17) is 70.2 Å². The van der Waals surface area contributed by atoms with Crippen LogP contribution in [0.1, 0.15) is 293 Å². The number of azide groups is 2. The van der Waals surface area contributed by atoms with Gasteiger partial charge in [-0.05, 0) is 280 Å². The summed E-state index contributed by atoms with van der Waals surface area (Å²) in [5.41, 5.74) is 23.5. The number of hydrogen-bond donors (Lipinski definition) is 1. The molecule has 0 aromatic heterocycles. The highest BCUT2D eigenvalue weighted by atomic mass is 127. The van der Waals surface area contributed by atoms with Gasteiger partial charge in [-0.3, -0.25) is 14.4 Å². The van der Waals surface area contributed by atoms with Gasteiger partial charge in [0, 0.05) is 62.7 Å². The Labute approximate surface area is 867 Å². The highest BCUT2D eigenvalue weighted by Gasteiger charge is 2.51. The Morgan fingerprint density at radius 2 is 0.914 bits per heavy atom. The van der Waals surface area contributed by atoms with Crippen molar-refractivity contribution in [3.05, 3.63) is 225 Å². The summed E-state index contributed by atoms with van der Waals surface area (Å²) >= 11 is 4.93. The minimum atomic E-state index is -1.16. The monoisotopic (exact) mass is 2200 g/mol. The second-order valence-corrected chi connectivity index (χ2v) is 50.2. The van der Waals surface area contributed by atoms with Crippen LogP contribution in [0.25, 0.3) is 25.7 Å². The molecule has 9 aliphatic heterocycles. The highest BCUT2D eigenvalue weighted by molar-refractivity contribution is 14.1. The maximum atomic E-state index is 13.0. The second kappa shape index (κ2) is 57.3. The van der Waals surface area contributed by atoms with Gasteiger partial charge in [0.2, 0.25) is 0 Å². The first-order chi connectivity index (χ1) is 66.8. The van der Waals surface area contributed by atoms with Crippen molar-refractivity contribution in [2.24, 2.45) is 48.9 Å². The van der Waals surface area contributed by atoms with Gasteiger partial charge in [-0.25, -0.2) is 28.4 Å². The van der Waals surface area contributed by atoms with Gasteiger partial charge < -0.3 is 57.5 Å². The van der Waals surface area contributed by atoms with Crippen molar-refractivity contribution in [3.63, 3.8) is 0 Å². The van der Waals surface area contributed by atoms with Gasteiger partial charge in [-0.1, -0.05) is 230 Å². The number of rotatable bonds is 23. The molecule has 31 heteroatoms. The van der Waals surface area contributed by atoms with Crippen molar-refractivity contribution in [1.82, 2.24) is 13.5 Å². The van der Waals surface area contributed by atoms with Crippen LogP contribution in [0.5, 0.6) is 0 Å². The van der Waals surface area contributed by atoms with E-state index in [1.54, 1.807) is 17.4 Å². The molecule has 0 radical (unpaired) electrons. The molecule has 27 nitrogen and oxygen atoms in total.